The summed E-state index contributed by atoms with van der Waals surface area (Å²) in [5.74, 6) is 0. The molecule has 0 N–H and O–H groups in total. The zero-order valence-corrected chi connectivity index (χ0v) is 9.88. The number of nitrogens with zero attached hydrogens (tertiary/aromatic N) is 2. The number of hydrogen-bond acceptors (Lipinski definition) is 6. The molecule has 3 saturated heterocycles. The Bertz CT molecular complexity index is 480. The molecule has 3 heterocycles. The second-order valence-corrected chi connectivity index (χ2v) is 5.08. The fourth-order valence-corrected chi connectivity index (χ4v) is 2.49. The smallest absolute Gasteiger partial charge is 0.222 e. The van der Waals surface area contributed by atoms with E-state index in [1.807, 2.05) is 30.3 Å². The molecule has 0 spiro atoms. The van der Waals surface area contributed by atoms with Crippen LogP contribution in [0.3, 0.4) is 0 Å². The molecular formula is C10H11N2O4P. The topological polar surface area (TPSA) is 51.2 Å². The van der Waals surface area contributed by atoms with E-state index in [9.17, 15) is 4.57 Å². The van der Waals surface area contributed by atoms with Crippen LogP contribution in [0.2, 0.25) is 0 Å². The van der Waals surface area contributed by atoms with Gasteiger partial charge in [0, 0.05) is 0 Å². The van der Waals surface area contributed by atoms with Crippen molar-refractivity contribution in [1.82, 2.24) is 5.34 Å². The highest BCUT2D eigenvalue weighted by Crippen LogP contribution is 2.67. The van der Waals surface area contributed by atoms with Crippen LogP contribution in [-0.4, -0.2) is 5.34 Å². The minimum absolute atomic E-state index is 0.697. The van der Waals surface area contributed by atoms with Gasteiger partial charge < -0.3 is 0 Å². The molecule has 90 valence electrons. The van der Waals surface area contributed by atoms with E-state index in [4.69, 9.17) is 13.9 Å². The lowest BCUT2D eigenvalue weighted by Gasteiger charge is -2.21. The molecule has 2 bridgehead atoms. The van der Waals surface area contributed by atoms with Gasteiger partial charge in [-0.05, 0) is 30.5 Å². The van der Waals surface area contributed by atoms with Crippen molar-refractivity contribution in [3.8, 4) is 0 Å². The number of anilines is 1. The molecule has 6 nitrogen and oxygen atoms in total. The highest BCUT2D eigenvalue weighted by Gasteiger charge is 2.60. The molecule has 3 aliphatic rings. The number of rotatable bonds is 4. The van der Waals surface area contributed by atoms with Gasteiger partial charge in [0.2, 0.25) is 0 Å². The lowest BCUT2D eigenvalue weighted by Crippen LogP contribution is -2.34. The highest BCUT2D eigenvalue weighted by molar-refractivity contribution is 7.49. The largest absolute Gasteiger partial charge is 0.538 e. The maximum Gasteiger partial charge on any atom is 0.538 e. The van der Waals surface area contributed by atoms with Crippen LogP contribution in [0, 0.1) is 0 Å². The number of aryl methyl sites for hydroxylation is 1. The zero-order valence-electron chi connectivity index (χ0n) is 8.98. The second-order valence-electron chi connectivity index (χ2n) is 3.70. The Hall–Kier alpha value is -1.17. The van der Waals surface area contributed by atoms with Crippen molar-refractivity contribution in [1.29, 1.82) is 0 Å². The third-order valence-electron chi connectivity index (χ3n) is 2.46. The van der Waals surface area contributed by atoms with E-state index >= 15 is 0 Å². The van der Waals surface area contributed by atoms with Gasteiger partial charge in [0.25, 0.3) is 0 Å². The van der Waals surface area contributed by atoms with Crippen molar-refractivity contribution in [3.63, 3.8) is 0 Å². The quantitative estimate of drug-likeness (QED) is 0.608. The van der Waals surface area contributed by atoms with Crippen molar-refractivity contribution in [3.05, 3.63) is 42.5 Å². The number of fused-ring (bicyclic) bond motifs is 1. The first-order chi connectivity index (χ1) is 8.20. The maximum atomic E-state index is 11.3. The fraction of sp³-hybridized carbons (Fsp3) is 0.200. The molecule has 0 unspecified atom stereocenters. The number of phosphoric acid groups is 1. The molecule has 0 saturated carbocycles. The Morgan fingerprint density at radius 1 is 1.24 bits per heavy atom. The van der Waals surface area contributed by atoms with Gasteiger partial charge in [0.15, 0.2) is 0 Å². The molecule has 3 fully saturated rings. The van der Waals surface area contributed by atoms with Gasteiger partial charge in [-0.3, -0.25) is 0 Å². The summed E-state index contributed by atoms with van der Waals surface area (Å²) < 4.78 is 25.8. The predicted octanol–water partition coefficient (Wildman–Crippen LogP) is 2.76. The SMILES string of the molecule is C=CCCc1ccc(N2OP3(=O)ON2O3)cc1. The van der Waals surface area contributed by atoms with Crippen molar-refractivity contribution in [2.24, 2.45) is 0 Å². The molecule has 0 radical (unpaired) electrons. The standard InChI is InChI=1S/C10H11N2O4P/c1-2-3-4-9-5-7-10(8-6-9)11-12-15-17(13,14-11)16-12/h2,5-8H,1,3-4H2. The van der Waals surface area contributed by atoms with E-state index < -0.39 is 7.82 Å². The van der Waals surface area contributed by atoms with Crippen molar-refractivity contribution in [2.75, 3.05) is 5.17 Å². The average Bonchev–Trinajstić information content (AvgIpc) is 2.80. The Labute approximate surface area is 98.4 Å². The van der Waals surface area contributed by atoms with Gasteiger partial charge in [-0.2, -0.15) is 0 Å². The van der Waals surface area contributed by atoms with Gasteiger partial charge in [-0.15, -0.1) is 25.6 Å². The minimum atomic E-state index is -3.31. The number of benzene rings is 1. The molecule has 3 aliphatic heterocycles. The van der Waals surface area contributed by atoms with Crippen LogP contribution in [0.25, 0.3) is 0 Å². The van der Waals surface area contributed by atoms with Crippen molar-refractivity contribution < 1.29 is 18.4 Å². The average molecular weight is 254 g/mol. The minimum Gasteiger partial charge on any atom is -0.222 e. The number of hydrogen-bond donors (Lipinski definition) is 0. The first-order valence-electron chi connectivity index (χ1n) is 5.19. The predicted molar refractivity (Wildman–Crippen MR) is 60.1 cm³/mol. The Morgan fingerprint density at radius 2 is 1.94 bits per heavy atom. The van der Waals surface area contributed by atoms with E-state index in [2.05, 4.69) is 6.58 Å². The third kappa shape index (κ3) is 1.90. The Morgan fingerprint density at radius 3 is 2.47 bits per heavy atom. The van der Waals surface area contributed by atoms with E-state index in [1.54, 1.807) is 0 Å². The van der Waals surface area contributed by atoms with Crippen LogP contribution in [0.4, 0.5) is 5.69 Å². The zero-order chi connectivity index (χ0) is 11.9. The summed E-state index contributed by atoms with van der Waals surface area (Å²) in [4.78, 5) is 0. The van der Waals surface area contributed by atoms with Crippen molar-refractivity contribution in [2.45, 2.75) is 12.8 Å². The molecule has 7 heteroatoms. The Balaban J connectivity index is 1.72. The highest BCUT2D eigenvalue weighted by atomic mass is 31.2. The molecule has 1 aromatic rings. The summed E-state index contributed by atoms with van der Waals surface area (Å²) in [7, 11) is -3.31. The molecule has 17 heavy (non-hydrogen) atoms. The molecule has 4 rings (SSSR count). The van der Waals surface area contributed by atoms with E-state index in [0.29, 0.717) is 5.69 Å². The van der Waals surface area contributed by atoms with Crippen LogP contribution in [-0.2, 0) is 24.9 Å². The summed E-state index contributed by atoms with van der Waals surface area (Å²) in [6.07, 6.45) is 3.76. The lowest BCUT2D eigenvalue weighted by atomic mass is 10.1. The van der Waals surface area contributed by atoms with Crippen LogP contribution >= 0.6 is 7.82 Å². The number of hydrazine groups is 1. The van der Waals surface area contributed by atoms with Gasteiger partial charge in [0.1, 0.15) is 0 Å². The normalized spacial score (nSPS) is 30.1. The van der Waals surface area contributed by atoms with Crippen molar-refractivity contribution >= 4 is 13.5 Å². The second kappa shape index (κ2) is 3.94. The van der Waals surface area contributed by atoms with Gasteiger partial charge >= 0.3 is 7.82 Å². The summed E-state index contributed by atoms with van der Waals surface area (Å²) >= 11 is 0. The summed E-state index contributed by atoms with van der Waals surface area (Å²) in [6, 6.07) is 7.63. The summed E-state index contributed by atoms with van der Waals surface area (Å²) in [5.41, 5.74) is 1.89. The monoisotopic (exact) mass is 254 g/mol. The van der Waals surface area contributed by atoms with E-state index in [-0.39, 0.29) is 0 Å². The molecule has 0 aromatic heterocycles. The Kier molecular flexibility index (Phi) is 2.54. The summed E-state index contributed by atoms with van der Waals surface area (Å²) in [6.45, 7) is 3.68. The lowest BCUT2D eigenvalue weighted by molar-refractivity contribution is -0.318. The molecule has 0 amide bonds. The maximum absolute atomic E-state index is 11.3. The third-order valence-corrected chi connectivity index (χ3v) is 3.49. The summed E-state index contributed by atoms with van der Waals surface area (Å²) in [5, 5.41) is 2.18. The fourth-order valence-electron chi connectivity index (χ4n) is 1.60. The molecule has 0 atom stereocenters. The first kappa shape index (κ1) is 11.0. The molecule has 0 aliphatic carbocycles. The van der Waals surface area contributed by atoms with Crippen LogP contribution in [0.15, 0.2) is 36.9 Å². The van der Waals surface area contributed by atoms with Gasteiger partial charge in [0.05, 0.1) is 11.0 Å². The van der Waals surface area contributed by atoms with Gasteiger partial charge in [-0.1, -0.05) is 18.2 Å². The first-order valence-corrected chi connectivity index (χ1v) is 6.65. The van der Waals surface area contributed by atoms with Gasteiger partial charge in [-0.25, -0.2) is 4.57 Å². The number of allylic oxidation sites excluding steroid dienone is 1. The van der Waals surface area contributed by atoms with Crippen LogP contribution in [0.1, 0.15) is 12.0 Å². The molecule has 1 aromatic carbocycles. The van der Waals surface area contributed by atoms with Crippen LogP contribution < -0.4 is 5.17 Å². The molecular weight excluding hydrogens is 243 g/mol. The van der Waals surface area contributed by atoms with Crippen LogP contribution in [0.5, 0.6) is 0 Å². The van der Waals surface area contributed by atoms with E-state index in [1.165, 1.54) is 10.7 Å². The van der Waals surface area contributed by atoms with E-state index in [0.717, 1.165) is 18.2 Å².